The van der Waals surface area contributed by atoms with Gasteiger partial charge >= 0.3 is 12.1 Å². The normalized spacial score (nSPS) is 19.2. The lowest BCUT2D eigenvalue weighted by Gasteiger charge is -2.52. The van der Waals surface area contributed by atoms with E-state index < -0.39 is 0 Å². The number of nitrogens with one attached hydrogen (secondary N) is 4. The van der Waals surface area contributed by atoms with Gasteiger partial charge < -0.3 is 21.3 Å². The molecule has 2 aromatic rings. The van der Waals surface area contributed by atoms with Gasteiger partial charge in [-0.05, 0) is 68.7 Å². The summed E-state index contributed by atoms with van der Waals surface area (Å²) in [5.74, 6) is 0.295. The van der Waals surface area contributed by atoms with E-state index in [9.17, 15) is 9.59 Å². The Hall–Kier alpha value is -3.02. The van der Waals surface area contributed by atoms with Crippen LogP contribution in [0.25, 0.3) is 0 Å². The second-order valence-corrected chi connectivity index (χ2v) is 9.38. The quantitative estimate of drug-likeness (QED) is 0.529. The molecule has 0 bridgehead atoms. The van der Waals surface area contributed by atoms with Crippen LogP contribution in [0.5, 0.6) is 0 Å². The molecule has 0 unspecified atom stereocenters. The van der Waals surface area contributed by atoms with Crippen LogP contribution in [0.3, 0.4) is 0 Å². The molecule has 3 rings (SSSR count). The van der Waals surface area contributed by atoms with Gasteiger partial charge in [0, 0.05) is 24.0 Å². The molecule has 1 fully saturated rings. The van der Waals surface area contributed by atoms with Crippen molar-refractivity contribution in [1.29, 1.82) is 0 Å². The van der Waals surface area contributed by atoms with Crippen LogP contribution >= 0.6 is 0 Å². The summed E-state index contributed by atoms with van der Waals surface area (Å²) in [5.41, 5.74) is 5.95. The van der Waals surface area contributed by atoms with Gasteiger partial charge in [-0.1, -0.05) is 49.2 Å². The van der Waals surface area contributed by atoms with Crippen LogP contribution in [0.4, 0.5) is 21.0 Å². The van der Waals surface area contributed by atoms with Gasteiger partial charge in [0.05, 0.1) is 0 Å². The van der Waals surface area contributed by atoms with Gasteiger partial charge in [-0.15, -0.1) is 0 Å². The minimum Gasteiger partial charge on any atom is -0.338 e. The van der Waals surface area contributed by atoms with Crippen molar-refractivity contribution in [3.05, 3.63) is 58.7 Å². The molecule has 1 aliphatic carbocycles. The van der Waals surface area contributed by atoms with Crippen molar-refractivity contribution in [2.45, 2.75) is 54.0 Å². The Balaban J connectivity index is 1.46. The highest BCUT2D eigenvalue weighted by Crippen LogP contribution is 2.45. The molecule has 0 heterocycles. The first-order valence-electron chi connectivity index (χ1n) is 10.8. The standard InChI is InChI=1S/C25H34N4O2/c1-15-7-9-20(17(3)11-15)27-23(30)26-14-19-13-22(25(19,5)6)29-24(31)28-21-10-8-16(2)12-18(21)4/h7-12,19,22H,13-14H2,1-6H3,(H2,26,27,30)(H2,28,29,31)/t19-,22-/m0/s1. The first-order chi connectivity index (χ1) is 14.6. The summed E-state index contributed by atoms with van der Waals surface area (Å²) in [6.45, 7) is 12.9. The van der Waals surface area contributed by atoms with Crippen LogP contribution in [0.15, 0.2) is 36.4 Å². The van der Waals surface area contributed by atoms with Gasteiger partial charge in [-0.3, -0.25) is 0 Å². The molecule has 0 radical (unpaired) electrons. The minimum atomic E-state index is -0.202. The summed E-state index contributed by atoms with van der Waals surface area (Å²) in [4.78, 5) is 24.8. The highest BCUT2D eigenvalue weighted by Gasteiger charge is 2.48. The molecular formula is C25H34N4O2. The summed E-state index contributed by atoms with van der Waals surface area (Å²) in [7, 11) is 0. The van der Waals surface area contributed by atoms with Gasteiger partial charge in [0.1, 0.15) is 0 Å². The highest BCUT2D eigenvalue weighted by atomic mass is 16.2. The number of hydrogen-bond donors (Lipinski definition) is 4. The summed E-state index contributed by atoms with van der Waals surface area (Å²) in [5, 5.41) is 11.9. The van der Waals surface area contributed by atoms with E-state index in [-0.39, 0.29) is 23.5 Å². The van der Waals surface area contributed by atoms with E-state index in [2.05, 4.69) is 35.1 Å². The Labute approximate surface area is 185 Å². The van der Waals surface area contributed by atoms with E-state index in [0.717, 1.165) is 28.9 Å². The van der Waals surface area contributed by atoms with Gasteiger partial charge in [0.25, 0.3) is 0 Å². The van der Waals surface area contributed by atoms with E-state index >= 15 is 0 Å². The number of rotatable bonds is 5. The predicted octanol–water partition coefficient (Wildman–Crippen LogP) is 5.28. The molecule has 4 amide bonds. The second-order valence-electron chi connectivity index (χ2n) is 9.38. The number of aryl methyl sites for hydroxylation is 4. The fourth-order valence-corrected chi connectivity index (χ4v) is 4.21. The molecule has 31 heavy (non-hydrogen) atoms. The van der Waals surface area contributed by atoms with Crippen LogP contribution in [0.1, 0.15) is 42.5 Å². The summed E-state index contributed by atoms with van der Waals surface area (Å²) >= 11 is 0. The predicted molar refractivity (Wildman–Crippen MR) is 127 cm³/mol. The Morgan fingerprint density at radius 1 is 0.871 bits per heavy atom. The molecule has 6 heteroatoms. The summed E-state index contributed by atoms with van der Waals surface area (Å²) < 4.78 is 0. The summed E-state index contributed by atoms with van der Waals surface area (Å²) in [6.07, 6.45) is 0.830. The number of anilines is 2. The SMILES string of the molecule is Cc1ccc(NC(=O)NC[C@@H]2C[C@H](NC(=O)Nc3ccc(C)cc3C)C2(C)C)c(C)c1. The third-order valence-corrected chi connectivity index (χ3v) is 6.55. The Kier molecular flexibility index (Phi) is 6.58. The van der Waals surface area contributed by atoms with Crippen LogP contribution in [-0.4, -0.2) is 24.6 Å². The number of hydrogen-bond acceptors (Lipinski definition) is 2. The van der Waals surface area contributed by atoms with E-state index in [4.69, 9.17) is 0 Å². The van der Waals surface area contributed by atoms with E-state index in [1.54, 1.807) is 0 Å². The van der Waals surface area contributed by atoms with Crippen LogP contribution in [0, 0.1) is 39.0 Å². The fraction of sp³-hybridized carbons (Fsp3) is 0.440. The maximum atomic E-state index is 12.5. The number of carbonyl (C=O) groups excluding carboxylic acids is 2. The average Bonchev–Trinajstić information content (AvgIpc) is 2.68. The van der Waals surface area contributed by atoms with E-state index in [1.807, 2.05) is 64.1 Å². The summed E-state index contributed by atoms with van der Waals surface area (Å²) in [6, 6.07) is 11.6. The molecule has 0 aliphatic heterocycles. The van der Waals surface area contributed by atoms with Crippen LogP contribution < -0.4 is 21.3 Å². The lowest BCUT2D eigenvalue weighted by Crippen LogP contribution is -2.61. The van der Waals surface area contributed by atoms with Gasteiger partial charge in [0.15, 0.2) is 0 Å². The molecule has 6 nitrogen and oxygen atoms in total. The molecule has 1 aliphatic rings. The number of carbonyl (C=O) groups is 2. The molecule has 2 atom stereocenters. The van der Waals surface area contributed by atoms with E-state index in [1.165, 1.54) is 11.1 Å². The molecule has 166 valence electrons. The van der Waals surface area contributed by atoms with Crippen molar-refractivity contribution < 1.29 is 9.59 Å². The smallest absolute Gasteiger partial charge is 0.319 e. The van der Waals surface area contributed by atoms with Crippen molar-refractivity contribution in [3.63, 3.8) is 0 Å². The third kappa shape index (κ3) is 5.37. The van der Waals surface area contributed by atoms with Gasteiger partial charge in [-0.25, -0.2) is 9.59 Å². The van der Waals surface area contributed by atoms with Crippen LogP contribution in [0.2, 0.25) is 0 Å². The van der Waals surface area contributed by atoms with Crippen molar-refractivity contribution in [2.75, 3.05) is 17.2 Å². The zero-order chi connectivity index (χ0) is 22.8. The largest absolute Gasteiger partial charge is 0.338 e. The lowest BCUT2D eigenvalue weighted by atomic mass is 9.58. The molecule has 4 N–H and O–H groups in total. The molecule has 0 aromatic heterocycles. The van der Waals surface area contributed by atoms with E-state index in [0.29, 0.717) is 12.5 Å². The molecule has 2 aromatic carbocycles. The van der Waals surface area contributed by atoms with Crippen molar-refractivity contribution in [2.24, 2.45) is 11.3 Å². The third-order valence-electron chi connectivity index (χ3n) is 6.55. The highest BCUT2D eigenvalue weighted by molar-refractivity contribution is 5.91. The van der Waals surface area contributed by atoms with Gasteiger partial charge in [-0.2, -0.15) is 0 Å². The topological polar surface area (TPSA) is 82.3 Å². The molecule has 0 spiro atoms. The lowest BCUT2D eigenvalue weighted by molar-refractivity contribution is 0.0244. The Bertz CT molecular complexity index is 983. The van der Waals surface area contributed by atoms with Crippen molar-refractivity contribution in [3.8, 4) is 0 Å². The van der Waals surface area contributed by atoms with Crippen LogP contribution in [-0.2, 0) is 0 Å². The molecule has 0 saturated heterocycles. The zero-order valence-electron chi connectivity index (χ0n) is 19.3. The molecule has 1 saturated carbocycles. The van der Waals surface area contributed by atoms with Crippen molar-refractivity contribution in [1.82, 2.24) is 10.6 Å². The monoisotopic (exact) mass is 422 g/mol. The number of urea groups is 2. The van der Waals surface area contributed by atoms with Crippen molar-refractivity contribution >= 4 is 23.4 Å². The first-order valence-corrected chi connectivity index (χ1v) is 10.8. The maximum Gasteiger partial charge on any atom is 0.319 e. The van der Waals surface area contributed by atoms with Gasteiger partial charge in [0.2, 0.25) is 0 Å². The number of benzene rings is 2. The Morgan fingerprint density at radius 2 is 1.39 bits per heavy atom. The zero-order valence-corrected chi connectivity index (χ0v) is 19.3. The Morgan fingerprint density at radius 3 is 1.87 bits per heavy atom. The second kappa shape index (κ2) is 9.00. The average molecular weight is 423 g/mol. The molecular weight excluding hydrogens is 388 g/mol. The first kappa shape index (κ1) is 22.7. The number of amides is 4. The maximum absolute atomic E-state index is 12.5. The minimum absolute atomic E-state index is 0.0625. The fourth-order valence-electron chi connectivity index (χ4n) is 4.21.